The minimum absolute atomic E-state index is 0.0510. The molecule has 0 spiro atoms. The SMILES string of the molecule is O=C(COC(=O)CCN1C(=O)[C@@H]2[C@H]3C[C@@H]([C@H](Br)[C@H]3Br)[C@@H]2C1=O)Nc1cccc(Cl)c1Cl. The topological polar surface area (TPSA) is 92.8 Å². The Morgan fingerprint density at radius 1 is 1.10 bits per heavy atom. The van der Waals surface area contributed by atoms with Crippen molar-refractivity contribution in [2.45, 2.75) is 22.5 Å². The summed E-state index contributed by atoms with van der Waals surface area (Å²) >= 11 is 19.2. The third-order valence-electron chi connectivity index (χ3n) is 6.21. The van der Waals surface area contributed by atoms with Gasteiger partial charge < -0.3 is 10.1 Å². The van der Waals surface area contributed by atoms with Gasteiger partial charge in [-0.05, 0) is 30.4 Å². The molecule has 0 aromatic heterocycles. The average molecular weight is 597 g/mol. The van der Waals surface area contributed by atoms with Crippen molar-refractivity contribution in [2.24, 2.45) is 23.7 Å². The molecule has 1 N–H and O–H groups in total. The molecule has 31 heavy (non-hydrogen) atoms. The Kier molecular flexibility index (Phi) is 6.68. The number of esters is 1. The van der Waals surface area contributed by atoms with Gasteiger partial charge >= 0.3 is 5.97 Å². The number of rotatable bonds is 6. The zero-order valence-electron chi connectivity index (χ0n) is 16.0. The third kappa shape index (κ3) is 4.14. The fourth-order valence-electron chi connectivity index (χ4n) is 4.84. The molecule has 3 amide bonds. The highest BCUT2D eigenvalue weighted by molar-refractivity contribution is 9.12. The molecule has 2 saturated carbocycles. The van der Waals surface area contributed by atoms with E-state index in [9.17, 15) is 19.2 Å². The number of benzene rings is 1. The van der Waals surface area contributed by atoms with Crippen LogP contribution in [0.3, 0.4) is 0 Å². The van der Waals surface area contributed by atoms with Crippen molar-refractivity contribution in [3.63, 3.8) is 0 Å². The molecule has 1 saturated heterocycles. The lowest BCUT2D eigenvalue weighted by molar-refractivity contribution is -0.149. The van der Waals surface area contributed by atoms with Crippen molar-refractivity contribution in [3.05, 3.63) is 28.2 Å². The lowest BCUT2D eigenvalue weighted by Crippen LogP contribution is -2.37. The summed E-state index contributed by atoms with van der Waals surface area (Å²) in [5.41, 5.74) is 0.305. The van der Waals surface area contributed by atoms with Crippen LogP contribution in [0.1, 0.15) is 12.8 Å². The molecule has 1 aromatic rings. The van der Waals surface area contributed by atoms with E-state index >= 15 is 0 Å². The van der Waals surface area contributed by atoms with Gasteiger partial charge in [0.2, 0.25) is 11.8 Å². The van der Waals surface area contributed by atoms with Gasteiger partial charge in [0.25, 0.3) is 5.91 Å². The number of carbonyl (C=O) groups is 4. The third-order valence-corrected chi connectivity index (χ3v) is 10.2. The quantitative estimate of drug-likeness (QED) is 0.308. The molecule has 3 fully saturated rings. The highest BCUT2D eigenvalue weighted by Gasteiger charge is 2.66. The van der Waals surface area contributed by atoms with Gasteiger partial charge in [-0.25, -0.2) is 0 Å². The molecule has 2 bridgehead atoms. The Labute approximate surface area is 205 Å². The molecule has 3 aliphatic rings. The number of halogens is 4. The van der Waals surface area contributed by atoms with Crippen LogP contribution in [0.5, 0.6) is 0 Å². The zero-order valence-corrected chi connectivity index (χ0v) is 20.7. The second-order valence-electron chi connectivity index (χ2n) is 7.89. The molecule has 7 nitrogen and oxygen atoms in total. The van der Waals surface area contributed by atoms with E-state index in [-0.39, 0.29) is 68.2 Å². The summed E-state index contributed by atoms with van der Waals surface area (Å²) in [5, 5.41) is 2.98. The summed E-state index contributed by atoms with van der Waals surface area (Å²) in [5.74, 6) is -2.09. The summed E-state index contributed by atoms with van der Waals surface area (Å²) in [7, 11) is 0. The zero-order chi connectivity index (χ0) is 22.4. The Morgan fingerprint density at radius 2 is 1.71 bits per heavy atom. The van der Waals surface area contributed by atoms with Gasteiger partial charge in [-0.15, -0.1) is 0 Å². The van der Waals surface area contributed by atoms with E-state index < -0.39 is 18.5 Å². The Balaban J connectivity index is 1.27. The number of anilines is 1. The Bertz CT molecular complexity index is 929. The molecule has 166 valence electrons. The molecular formula is C20H18Br2Cl2N2O5. The van der Waals surface area contributed by atoms with E-state index in [1.54, 1.807) is 18.2 Å². The first-order valence-corrected chi connectivity index (χ1v) is 12.3. The van der Waals surface area contributed by atoms with Crippen molar-refractivity contribution in [2.75, 3.05) is 18.5 Å². The monoisotopic (exact) mass is 594 g/mol. The Morgan fingerprint density at radius 3 is 2.32 bits per heavy atom. The number of amides is 3. The molecule has 0 radical (unpaired) electrons. The average Bonchev–Trinajstić information content (AvgIpc) is 3.33. The predicted octanol–water partition coefficient (Wildman–Crippen LogP) is 3.64. The molecule has 4 rings (SSSR count). The van der Waals surface area contributed by atoms with Crippen LogP contribution in [0.15, 0.2) is 18.2 Å². The van der Waals surface area contributed by atoms with Gasteiger partial charge in [0.15, 0.2) is 6.61 Å². The standard InChI is InChI=1S/C20H18Br2Cl2N2O5/c21-16-8-6-9(17(16)22)15-14(8)19(29)26(20(15)30)5-4-13(28)31-7-12(27)25-11-3-1-2-10(23)18(11)24/h1-3,8-9,14-17H,4-7H2,(H,25,27)/t8-,9-,14-,15+,16+,17+/m1/s1. The van der Waals surface area contributed by atoms with Gasteiger partial charge in [-0.2, -0.15) is 0 Å². The maximum atomic E-state index is 12.8. The van der Waals surface area contributed by atoms with Crippen LogP contribution in [0, 0.1) is 23.7 Å². The van der Waals surface area contributed by atoms with Crippen LogP contribution in [0.25, 0.3) is 0 Å². The molecule has 1 aliphatic heterocycles. The van der Waals surface area contributed by atoms with E-state index in [2.05, 4.69) is 37.2 Å². The van der Waals surface area contributed by atoms with Crippen molar-refractivity contribution in [3.8, 4) is 0 Å². The van der Waals surface area contributed by atoms with E-state index in [0.29, 0.717) is 5.69 Å². The smallest absolute Gasteiger partial charge is 0.308 e. The van der Waals surface area contributed by atoms with Crippen LogP contribution < -0.4 is 5.32 Å². The molecular weight excluding hydrogens is 579 g/mol. The first-order valence-electron chi connectivity index (χ1n) is 9.73. The number of likely N-dealkylation sites (tertiary alicyclic amines) is 1. The van der Waals surface area contributed by atoms with E-state index in [1.807, 2.05) is 0 Å². The van der Waals surface area contributed by atoms with Crippen molar-refractivity contribution in [1.29, 1.82) is 0 Å². The minimum Gasteiger partial charge on any atom is -0.456 e. The number of ether oxygens (including phenoxy) is 1. The summed E-state index contributed by atoms with van der Waals surface area (Å²) in [6.45, 7) is -0.569. The molecule has 6 atom stereocenters. The number of hydrogen-bond donors (Lipinski definition) is 1. The van der Waals surface area contributed by atoms with Gasteiger partial charge in [-0.3, -0.25) is 24.1 Å². The van der Waals surface area contributed by atoms with Crippen molar-refractivity contribution in [1.82, 2.24) is 4.90 Å². The Hall–Kier alpha value is -1.16. The van der Waals surface area contributed by atoms with Crippen LogP contribution in [0.2, 0.25) is 10.0 Å². The number of imide groups is 1. The van der Waals surface area contributed by atoms with Crippen molar-refractivity contribution >= 4 is 84.4 Å². The first kappa shape index (κ1) is 23.0. The number of carbonyl (C=O) groups excluding carboxylic acids is 4. The van der Waals surface area contributed by atoms with Gasteiger partial charge in [-0.1, -0.05) is 61.1 Å². The number of fused-ring (bicyclic) bond motifs is 5. The fraction of sp³-hybridized carbons (Fsp3) is 0.500. The van der Waals surface area contributed by atoms with Crippen molar-refractivity contribution < 1.29 is 23.9 Å². The van der Waals surface area contributed by atoms with Gasteiger partial charge in [0.1, 0.15) is 0 Å². The fourth-order valence-corrected chi connectivity index (χ4v) is 7.06. The largest absolute Gasteiger partial charge is 0.456 e. The van der Waals surface area contributed by atoms with Crippen LogP contribution >= 0.6 is 55.1 Å². The van der Waals surface area contributed by atoms with Crippen LogP contribution in [-0.4, -0.2) is 51.4 Å². The summed E-state index contributed by atoms with van der Waals surface area (Å²) in [4.78, 5) is 51.2. The predicted molar refractivity (Wildman–Crippen MR) is 121 cm³/mol. The second-order valence-corrected chi connectivity index (χ2v) is 10.8. The van der Waals surface area contributed by atoms with E-state index in [0.717, 1.165) is 6.42 Å². The maximum Gasteiger partial charge on any atom is 0.308 e. The highest BCUT2D eigenvalue weighted by Crippen LogP contribution is 2.60. The molecule has 1 aromatic carbocycles. The molecule has 0 unspecified atom stereocenters. The molecule has 2 aliphatic carbocycles. The number of nitrogens with one attached hydrogen (secondary N) is 1. The molecule has 1 heterocycles. The summed E-state index contributed by atoms with van der Waals surface area (Å²) < 4.78 is 4.97. The summed E-state index contributed by atoms with van der Waals surface area (Å²) in [6.07, 6.45) is 0.674. The lowest BCUT2D eigenvalue weighted by atomic mass is 9.81. The first-order chi connectivity index (χ1) is 14.7. The molecule has 11 heteroatoms. The second kappa shape index (κ2) is 9.00. The number of nitrogens with zero attached hydrogens (tertiary/aromatic N) is 1. The van der Waals surface area contributed by atoms with Crippen LogP contribution in [0.4, 0.5) is 5.69 Å². The van der Waals surface area contributed by atoms with E-state index in [4.69, 9.17) is 27.9 Å². The minimum atomic E-state index is -0.676. The van der Waals surface area contributed by atoms with Gasteiger partial charge in [0, 0.05) is 16.2 Å². The summed E-state index contributed by atoms with van der Waals surface area (Å²) in [6, 6.07) is 4.77. The number of hydrogen-bond acceptors (Lipinski definition) is 5. The highest BCUT2D eigenvalue weighted by atomic mass is 79.9. The normalized spacial score (nSPS) is 31.2. The van der Waals surface area contributed by atoms with E-state index in [1.165, 1.54) is 4.90 Å². The number of alkyl halides is 2. The maximum absolute atomic E-state index is 12.8. The lowest BCUT2D eigenvalue weighted by Gasteiger charge is -2.28. The van der Waals surface area contributed by atoms with Crippen LogP contribution in [-0.2, 0) is 23.9 Å². The van der Waals surface area contributed by atoms with Gasteiger partial charge in [0.05, 0.1) is 34.0 Å².